The molecule has 2 aromatic carbocycles. The zero-order valence-corrected chi connectivity index (χ0v) is 19.5. The van der Waals surface area contributed by atoms with Gasteiger partial charge < -0.3 is 4.74 Å². The van der Waals surface area contributed by atoms with Gasteiger partial charge in [0.25, 0.3) is 0 Å². The molecule has 2 heterocycles. The van der Waals surface area contributed by atoms with Crippen LogP contribution in [0.5, 0.6) is 11.6 Å². The quantitative estimate of drug-likeness (QED) is 0.492. The third-order valence-electron chi connectivity index (χ3n) is 5.45. The molecule has 0 spiro atoms. The van der Waals surface area contributed by atoms with Crippen LogP contribution in [-0.4, -0.2) is 28.7 Å². The number of aromatic nitrogens is 2. The number of aliphatic imine (C=N–C) groups is 1. The van der Waals surface area contributed by atoms with E-state index in [-0.39, 0.29) is 22.8 Å². The summed E-state index contributed by atoms with van der Waals surface area (Å²) in [6.07, 6.45) is -3.86. The smallest absolute Gasteiger partial charge is 0.416 e. The molecule has 0 amide bonds. The SMILES string of the molecule is Cc1ccc(C[C@@H]2CONC(c3c(Oc4cccc(C(F)(F)F)c4)nnc(Cl)c3C)=N2)c(C)c1. The molecule has 6 nitrogen and oxygen atoms in total. The molecule has 1 N–H and O–H groups in total. The molecule has 4 rings (SSSR count). The summed E-state index contributed by atoms with van der Waals surface area (Å²) in [4.78, 5) is 10.3. The van der Waals surface area contributed by atoms with Crippen molar-refractivity contribution in [3.63, 3.8) is 0 Å². The van der Waals surface area contributed by atoms with Crippen LogP contribution >= 0.6 is 11.6 Å². The first-order chi connectivity index (χ1) is 16.1. The Bertz CT molecular complexity index is 1250. The molecule has 10 heteroatoms. The van der Waals surface area contributed by atoms with Crippen molar-refractivity contribution >= 4 is 17.4 Å². The van der Waals surface area contributed by atoms with Crippen molar-refractivity contribution in [2.24, 2.45) is 4.99 Å². The van der Waals surface area contributed by atoms with E-state index >= 15 is 0 Å². The molecular weight excluding hydrogens is 469 g/mol. The van der Waals surface area contributed by atoms with E-state index in [0.717, 1.165) is 23.3 Å². The lowest BCUT2D eigenvalue weighted by Gasteiger charge is -2.24. The third-order valence-corrected chi connectivity index (χ3v) is 5.81. The highest BCUT2D eigenvalue weighted by Gasteiger charge is 2.31. The number of halogens is 4. The Labute approximate surface area is 199 Å². The molecular formula is C24H22ClF3N4O2. The number of hydrogen-bond acceptors (Lipinski definition) is 6. The molecule has 178 valence electrons. The van der Waals surface area contributed by atoms with Crippen LogP contribution in [-0.2, 0) is 17.4 Å². The van der Waals surface area contributed by atoms with Crippen molar-refractivity contribution in [2.45, 2.75) is 39.4 Å². The summed E-state index contributed by atoms with van der Waals surface area (Å²) in [5.41, 5.74) is 6.28. The molecule has 0 aliphatic carbocycles. The van der Waals surface area contributed by atoms with Crippen LogP contribution < -0.4 is 10.2 Å². The topological polar surface area (TPSA) is 68.6 Å². The van der Waals surface area contributed by atoms with E-state index in [1.165, 1.54) is 17.7 Å². The first-order valence-electron chi connectivity index (χ1n) is 10.5. The van der Waals surface area contributed by atoms with E-state index in [4.69, 9.17) is 26.2 Å². The van der Waals surface area contributed by atoms with E-state index in [0.29, 0.717) is 30.0 Å². The number of aryl methyl sites for hydroxylation is 2. The zero-order valence-electron chi connectivity index (χ0n) is 18.7. The van der Waals surface area contributed by atoms with Crippen molar-refractivity contribution in [3.8, 4) is 11.6 Å². The summed E-state index contributed by atoms with van der Waals surface area (Å²) in [5.74, 6) is 0.233. The van der Waals surface area contributed by atoms with Crippen LogP contribution in [0.25, 0.3) is 0 Å². The summed E-state index contributed by atoms with van der Waals surface area (Å²) < 4.78 is 45.1. The van der Waals surface area contributed by atoms with Crippen molar-refractivity contribution in [3.05, 3.63) is 81.0 Å². The first kappa shape index (κ1) is 24.0. The molecule has 1 atom stereocenters. The molecule has 0 unspecified atom stereocenters. The van der Waals surface area contributed by atoms with Gasteiger partial charge in [-0.3, -0.25) is 9.83 Å². The summed E-state index contributed by atoms with van der Waals surface area (Å²) >= 11 is 6.19. The average molecular weight is 491 g/mol. The van der Waals surface area contributed by atoms with Gasteiger partial charge in [-0.05, 0) is 56.5 Å². The van der Waals surface area contributed by atoms with E-state index in [2.05, 4.69) is 27.8 Å². The molecule has 1 aliphatic rings. The molecule has 3 aromatic rings. The van der Waals surface area contributed by atoms with Crippen LogP contribution in [0.4, 0.5) is 13.2 Å². The molecule has 0 bridgehead atoms. The normalized spacial score (nSPS) is 16.1. The maximum atomic E-state index is 13.1. The highest BCUT2D eigenvalue weighted by Crippen LogP contribution is 2.34. The first-order valence-corrected chi connectivity index (χ1v) is 10.9. The minimum absolute atomic E-state index is 0.0387. The maximum absolute atomic E-state index is 13.1. The Kier molecular flexibility index (Phi) is 6.77. The number of benzene rings is 2. The van der Waals surface area contributed by atoms with Crippen LogP contribution in [0, 0.1) is 20.8 Å². The molecule has 34 heavy (non-hydrogen) atoms. The van der Waals surface area contributed by atoms with Crippen molar-refractivity contribution in [1.82, 2.24) is 15.7 Å². The molecule has 0 fully saturated rings. The number of hydrogen-bond donors (Lipinski definition) is 1. The van der Waals surface area contributed by atoms with Gasteiger partial charge >= 0.3 is 6.18 Å². The van der Waals surface area contributed by atoms with Gasteiger partial charge in [0, 0.05) is 5.56 Å². The predicted molar refractivity (Wildman–Crippen MR) is 122 cm³/mol. The number of nitrogens with zero attached hydrogens (tertiary/aromatic N) is 3. The average Bonchev–Trinajstić information content (AvgIpc) is 2.78. The second-order valence-electron chi connectivity index (χ2n) is 8.10. The molecule has 0 saturated carbocycles. The van der Waals surface area contributed by atoms with Gasteiger partial charge in [0.2, 0.25) is 5.88 Å². The number of amidine groups is 1. The number of rotatable bonds is 5. The Hall–Kier alpha value is -3.17. The van der Waals surface area contributed by atoms with Crippen LogP contribution in [0.3, 0.4) is 0 Å². The number of alkyl halides is 3. The lowest BCUT2D eigenvalue weighted by molar-refractivity contribution is -0.137. The van der Waals surface area contributed by atoms with Crippen LogP contribution in [0.1, 0.15) is 33.4 Å². The number of ether oxygens (including phenoxy) is 1. The van der Waals surface area contributed by atoms with Gasteiger partial charge in [0.1, 0.15) is 5.75 Å². The van der Waals surface area contributed by atoms with Gasteiger partial charge in [0.15, 0.2) is 11.0 Å². The summed E-state index contributed by atoms with van der Waals surface area (Å²) in [5, 5.41) is 7.94. The summed E-state index contributed by atoms with van der Waals surface area (Å²) in [6.45, 7) is 6.12. The van der Waals surface area contributed by atoms with Gasteiger partial charge in [0.05, 0.1) is 23.8 Å². The largest absolute Gasteiger partial charge is 0.437 e. The minimum atomic E-state index is -4.51. The third kappa shape index (κ3) is 5.31. The fourth-order valence-electron chi connectivity index (χ4n) is 3.68. The summed E-state index contributed by atoms with van der Waals surface area (Å²) in [7, 11) is 0. The van der Waals surface area contributed by atoms with Crippen LogP contribution in [0.15, 0.2) is 47.5 Å². The van der Waals surface area contributed by atoms with Gasteiger partial charge in [-0.1, -0.05) is 41.4 Å². The van der Waals surface area contributed by atoms with E-state index in [1.54, 1.807) is 6.92 Å². The molecule has 0 saturated heterocycles. The van der Waals surface area contributed by atoms with E-state index in [9.17, 15) is 13.2 Å². The Morgan fingerprint density at radius 2 is 1.91 bits per heavy atom. The summed E-state index contributed by atoms with van der Waals surface area (Å²) in [6, 6.07) is 10.5. The molecule has 1 aromatic heterocycles. The fraction of sp³-hybridized carbons (Fsp3) is 0.292. The number of hydroxylamine groups is 1. The second-order valence-corrected chi connectivity index (χ2v) is 8.46. The molecule has 0 radical (unpaired) electrons. The Morgan fingerprint density at radius 1 is 1.12 bits per heavy atom. The van der Waals surface area contributed by atoms with Gasteiger partial charge in [-0.25, -0.2) is 5.48 Å². The lowest BCUT2D eigenvalue weighted by atomic mass is 9.99. The lowest BCUT2D eigenvalue weighted by Crippen LogP contribution is -2.37. The number of nitrogens with one attached hydrogen (secondary N) is 1. The van der Waals surface area contributed by atoms with Crippen molar-refractivity contribution in [1.29, 1.82) is 0 Å². The van der Waals surface area contributed by atoms with Crippen molar-refractivity contribution in [2.75, 3.05) is 6.61 Å². The van der Waals surface area contributed by atoms with Gasteiger partial charge in [-0.2, -0.15) is 13.2 Å². The monoisotopic (exact) mass is 490 g/mol. The zero-order chi connectivity index (χ0) is 24.5. The maximum Gasteiger partial charge on any atom is 0.416 e. The highest BCUT2D eigenvalue weighted by atomic mass is 35.5. The Balaban J connectivity index is 1.67. The highest BCUT2D eigenvalue weighted by molar-refractivity contribution is 6.30. The minimum Gasteiger partial charge on any atom is -0.437 e. The molecule has 1 aliphatic heterocycles. The predicted octanol–water partition coefficient (Wildman–Crippen LogP) is 5.76. The fourth-order valence-corrected chi connectivity index (χ4v) is 3.81. The standard InChI is InChI=1S/C24H22ClF3N4O2/c1-13-7-8-16(14(2)9-13)10-18-12-33-32-22(29-18)20-15(3)21(25)30-31-23(20)34-19-6-4-5-17(11-19)24(26,27)28/h4-9,11,18H,10,12H2,1-3H3,(H,29,32)/t18-/m1/s1. The van der Waals surface area contributed by atoms with Gasteiger partial charge in [-0.15, -0.1) is 10.2 Å². The van der Waals surface area contributed by atoms with E-state index in [1.807, 2.05) is 19.9 Å². The van der Waals surface area contributed by atoms with E-state index < -0.39 is 11.7 Å². The van der Waals surface area contributed by atoms with Crippen LogP contribution in [0.2, 0.25) is 5.15 Å². The van der Waals surface area contributed by atoms with Crippen molar-refractivity contribution < 1.29 is 22.7 Å². The second kappa shape index (κ2) is 9.60. The Morgan fingerprint density at radius 3 is 2.65 bits per heavy atom.